The first-order chi connectivity index (χ1) is 12.2. The minimum Gasteiger partial charge on any atom is -0.424 e. The highest BCUT2D eigenvalue weighted by molar-refractivity contribution is 5.81. The molecule has 1 fully saturated rings. The van der Waals surface area contributed by atoms with Crippen molar-refractivity contribution in [1.29, 1.82) is 0 Å². The van der Waals surface area contributed by atoms with Crippen molar-refractivity contribution in [2.24, 2.45) is 0 Å². The summed E-state index contributed by atoms with van der Waals surface area (Å²) in [7, 11) is 0. The fourth-order valence-electron chi connectivity index (χ4n) is 3.72. The van der Waals surface area contributed by atoms with Crippen molar-refractivity contribution in [3.8, 4) is 11.1 Å². The van der Waals surface area contributed by atoms with E-state index in [1.54, 1.807) is 0 Å². The maximum atomic E-state index is 5.63. The Morgan fingerprint density at radius 2 is 1.84 bits per heavy atom. The second-order valence-corrected chi connectivity index (χ2v) is 6.57. The largest absolute Gasteiger partial charge is 0.424 e. The number of piperazine rings is 1. The number of nitrogens with two attached hydrogens (primary N) is 1. The van der Waals surface area contributed by atoms with Gasteiger partial charge in [-0.1, -0.05) is 37.3 Å². The van der Waals surface area contributed by atoms with Crippen molar-refractivity contribution < 1.29 is 4.42 Å². The number of oxazole rings is 1. The Bertz CT molecular complexity index is 850. The number of nitrogens with one attached hydrogen (secondary N) is 1. The van der Waals surface area contributed by atoms with Crippen LogP contribution in [0.3, 0.4) is 0 Å². The molecule has 0 bridgehead atoms. The molecule has 2 aromatic carbocycles. The average Bonchev–Trinajstić information content (AvgIpc) is 3.03. The summed E-state index contributed by atoms with van der Waals surface area (Å²) < 4.78 is 5.44. The predicted molar refractivity (Wildman–Crippen MR) is 101 cm³/mol. The van der Waals surface area contributed by atoms with Gasteiger partial charge in [0, 0.05) is 32.2 Å². The fourth-order valence-corrected chi connectivity index (χ4v) is 3.72. The number of nitrogens with zero attached hydrogens (tertiary/aromatic N) is 2. The first-order valence-electron chi connectivity index (χ1n) is 8.96. The molecule has 3 N–H and O–H groups in total. The Balaban J connectivity index is 1.59. The summed E-state index contributed by atoms with van der Waals surface area (Å²) in [6.45, 7) is 6.65. The third-order valence-electron chi connectivity index (χ3n) is 5.01. The van der Waals surface area contributed by atoms with Crippen LogP contribution in [0.5, 0.6) is 0 Å². The standard InChI is InChI=1S/C20H24N4O/c1-2-18(24-11-9-22-10-12-24)15-5-3-14(4-6-15)16-7-8-17-19(13-16)25-20(21)23-17/h3-8,13,18,22H,2,9-12H2,1H3,(H2,21,23). The maximum Gasteiger partial charge on any atom is 0.292 e. The van der Waals surface area contributed by atoms with Gasteiger partial charge in [-0.15, -0.1) is 0 Å². The third kappa shape index (κ3) is 3.25. The molecule has 1 aliphatic heterocycles. The number of fused-ring (bicyclic) bond motifs is 1. The molecule has 0 saturated carbocycles. The SMILES string of the molecule is CCC(c1ccc(-c2ccc3nc(N)oc3c2)cc1)N1CCNCC1. The molecular weight excluding hydrogens is 312 g/mol. The van der Waals surface area contributed by atoms with Crippen LogP contribution in [0, 0.1) is 0 Å². The van der Waals surface area contributed by atoms with Gasteiger partial charge >= 0.3 is 0 Å². The lowest BCUT2D eigenvalue weighted by atomic mass is 9.98. The number of hydrogen-bond acceptors (Lipinski definition) is 5. The maximum absolute atomic E-state index is 5.63. The zero-order valence-corrected chi connectivity index (χ0v) is 14.5. The quantitative estimate of drug-likeness (QED) is 0.764. The molecule has 2 heterocycles. The van der Waals surface area contributed by atoms with E-state index >= 15 is 0 Å². The summed E-state index contributed by atoms with van der Waals surface area (Å²) in [5.74, 6) is 0. The number of aromatic nitrogens is 1. The van der Waals surface area contributed by atoms with E-state index in [0.29, 0.717) is 6.04 Å². The van der Waals surface area contributed by atoms with Gasteiger partial charge in [0.05, 0.1) is 0 Å². The highest BCUT2D eigenvalue weighted by atomic mass is 16.4. The molecule has 130 valence electrons. The lowest BCUT2D eigenvalue weighted by Crippen LogP contribution is -2.45. The molecule has 1 atom stereocenters. The lowest BCUT2D eigenvalue weighted by molar-refractivity contribution is 0.169. The minimum atomic E-state index is 0.212. The molecule has 5 heteroatoms. The zero-order chi connectivity index (χ0) is 17.2. The van der Waals surface area contributed by atoms with E-state index < -0.39 is 0 Å². The van der Waals surface area contributed by atoms with Gasteiger partial charge in [-0.2, -0.15) is 4.98 Å². The van der Waals surface area contributed by atoms with Crippen LogP contribution in [0.2, 0.25) is 0 Å². The number of rotatable bonds is 4. The van der Waals surface area contributed by atoms with Crippen LogP contribution in [0.4, 0.5) is 6.01 Å². The van der Waals surface area contributed by atoms with Crippen LogP contribution in [-0.2, 0) is 0 Å². The zero-order valence-electron chi connectivity index (χ0n) is 14.5. The molecular formula is C20H24N4O. The van der Waals surface area contributed by atoms with Crippen LogP contribution < -0.4 is 11.1 Å². The van der Waals surface area contributed by atoms with Gasteiger partial charge in [-0.3, -0.25) is 4.90 Å². The van der Waals surface area contributed by atoms with Crippen LogP contribution in [0.15, 0.2) is 46.9 Å². The van der Waals surface area contributed by atoms with Crippen molar-refractivity contribution in [2.45, 2.75) is 19.4 Å². The van der Waals surface area contributed by atoms with E-state index in [-0.39, 0.29) is 6.01 Å². The first-order valence-corrected chi connectivity index (χ1v) is 8.96. The molecule has 1 unspecified atom stereocenters. The first kappa shape index (κ1) is 16.1. The van der Waals surface area contributed by atoms with Gasteiger partial charge in [-0.25, -0.2) is 0 Å². The Labute approximate surface area is 147 Å². The summed E-state index contributed by atoms with van der Waals surface area (Å²) in [6, 6.07) is 15.6. The Morgan fingerprint density at radius 1 is 1.12 bits per heavy atom. The molecule has 0 spiro atoms. The van der Waals surface area contributed by atoms with E-state index in [1.807, 2.05) is 12.1 Å². The van der Waals surface area contributed by atoms with Gasteiger partial charge in [0.15, 0.2) is 5.58 Å². The molecule has 1 aromatic heterocycles. The fraction of sp³-hybridized carbons (Fsp3) is 0.350. The van der Waals surface area contributed by atoms with Crippen LogP contribution in [0.1, 0.15) is 24.9 Å². The van der Waals surface area contributed by atoms with Crippen molar-refractivity contribution in [3.63, 3.8) is 0 Å². The summed E-state index contributed by atoms with van der Waals surface area (Å²) in [5.41, 5.74) is 10.8. The second-order valence-electron chi connectivity index (χ2n) is 6.57. The van der Waals surface area contributed by atoms with Crippen LogP contribution in [-0.4, -0.2) is 36.1 Å². The Morgan fingerprint density at radius 3 is 2.56 bits per heavy atom. The summed E-state index contributed by atoms with van der Waals surface area (Å²) in [6.07, 6.45) is 1.13. The van der Waals surface area contributed by atoms with Crippen LogP contribution >= 0.6 is 0 Å². The van der Waals surface area contributed by atoms with Crippen molar-refractivity contribution in [2.75, 3.05) is 31.9 Å². The highest BCUT2D eigenvalue weighted by Crippen LogP contribution is 2.29. The van der Waals surface area contributed by atoms with Crippen molar-refractivity contribution in [3.05, 3.63) is 48.0 Å². The molecule has 0 amide bonds. The number of nitrogen functional groups attached to an aromatic ring is 1. The molecule has 1 aliphatic rings. The summed E-state index contributed by atoms with van der Waals surface area (Å²) in [4.78, 5) is 6.73. The summed E-state index contributed by atoms with van der Waals surface area (Å²) in [5, 5.41) is 3.43. The topological polar surface area (TPSA) is 67.3 Å². The monoisotopic (exact) mass is 336 g/mol. The van der Waals surface area contributed by atoms with E-state index in [1.165, 1.54) is 11.1 Å². The van der Waals surface area contributed by atoms with E-state index in [0.717, 1.165) is 49.3 Å². The molecule has 5 nitrogen and oxygen atoms in total. The van der Waals surface area contributed by atoms with E-state index in [9.17, 15) is 0 Å². The molecule has 4 rings (SSSR count). The molecule has 25 heavy (non-hydrogen) atoms. The van der Waals surface area contributed by atoms with Gasteiger partial charge in [0.2, 0.25) is 0 Å². The second kappa shape index (κ2) is 6.86. The number of benzene rings is 2. The smallest absolute Gasteiger partial charge is 0.292 e. The predicted octanol–water partition coefficient (Wildman–Crippen LogP) is 3.43. The average molecular weight is 336 g/mol. The highest BCUT2D eigenvalue weighted by Gasteiger charge is 2.20. The summed E-state index contributed by atoms with van der Waals surface area (Å²) >= 11 is 0. The van der Waals surface area contributed by atoms with Crippen LogP contribution in [0.25, 0.3) is 22.2 Å². The molecule has 1 saturated heterocycles. The lowest BCUT2D eigenvalue weighted by Gasteiger charge is -2.34. The van der Waals surface area contributed by atoms with Crippen molar-refractivity contribution in [1.82, 2.24) is 15.2 Å². The van der Waals surface area contributed by atoms with Gasteiger partial charge in [0.1, 0.15) is 5.52 Å². The Kier molecular flexibility index (Phi) is 4.42. The number of anilines is 1. The normalized spacial score (nSPS) is 17.0. The number of hydrogen-bond donors (Lipinski definition) is 2. The van der Waals surface area contributed by atoms with Crippen molar-refractivity contribution >= 4 is 17.1 Å². The molecule has 3 aromatic rings. The van der Waals surface area contributed by atoms with Gasteiger partial charge in [-0.05, 0) is 35.2 Å². The minimum absolute atomic E-state index is 0.212. The Hall–Kier alpha value is -2.37. The molecule has 0 radical (unpaired) electrons. The third-order valence-corrected chi connectivity index (χ3v) is 5.01. The van der Waals surface area contributed by atoms with Gasteiger partial charge in [0.25, 0.3) is 6.01 Å². The van der Waals surface area contributed by atoms with E-state index in [4.69, 9.17) is 10.2 Å². The van der Waals surface area contributed by atoms with Gasteiger partial charge < -0.3 is 15.5 Å². The van der Waals surface area contributed by atoms with E-state index in [2.05, 4.69) is 52.5 Å². The molecule has 0 aliphatic carbocycles.